The molecule has 64 valence electrons. The lowest BCUT2D eigenvalue weighted by atomic mass is 10.4. The lowest BCUT2D eigenvalue weighted by molar-refractivity contribution is -0.109. The van der Waals surface area contributed by atoms with Crippen molar-refractivity contribution in [3.63, 3.8) is 0 Å². The lowest BCUT2D eigenvalue weighted by Crippen LogP contribution is -2.31. The van der Waals surface area contributed by atoms with Crippen LogP contribution in [0.5, 0.6) is 0 Å². The Kier molecular flexibility index (Phi) is 3.92. The van der Waals surface area contributed by atoms with Gasteiger partial charge in [-0.3, -0.25) is 4.79 Å². The lowest BCUT2D eigenvalue weighted by Gasteiger charge is -2.16. The molecule has 0 aliphatic carbocycles. The zero-order chi connectivity index (χ0) is 9.07. The van der Waals surface area contributed by atoms with E-state index in [0.717, 1.165) is 0 Å². The van der Waals surface area contributed by atoms with Gasteiger partial charge < -0.3 is 4.12 Å². The van der Waals surface area contributed by atoms with Gasteiger partial charge >= 0.3 is 0 Å². The Morgan fingerprint density at radius 2 is 1.91 bits per heavy atom. The fraction of sp³-hybridized carbons (Fsp3) is 0.571. The van der Waals surface area contributed by atoms with E-state index in [2.05, 4.69) is 26.2 Å². The minimum Gasteiger partial charge on any atom is -0.455 e. The van der Waals surface area contributed by atoms with Crippen molar-refractivity contribution in [3.8, 4) is 0 Å². The van der Waals surface area contributed by atoms with Crippen LogP contribution in [-0.2, 0) is 8.91 Å². The standard InChI is InChI=1S/C7H16O2Si2/c1-6(2)7(8)10-9-11(3,4)5/h1,10H2,2-5H3. The monoisotopic (exact) mass is 188 g/mol. The molecule has 0 radical (unpaired) electrons. The third-order valence-corrected chi connectivity index (χ3v) is 6.02. The molecular formula is C7H16O2Si2. The average molecular weight is 188 g/mol. The Bertz CT molecular complexity index is 170. The second-order valence-electron chi connectivity index (χ2n) is 3.60. The van der Waals surface area contributed by atoms with Gasteiger partial charge in [0, 0.05) is 0 Å². The van der Waals surface area contributed by atoms with E-state index in [1.54, 1.807) is 6.92 Å². The van der Waals surface area contributed by atoms with Gasteiger partial charge in [-0.1, -0.05) is 6.58 Å². The third-order valence-electron chi connectivity index (χ3n) is 1.11. The highest BCUT2D eigenvalue weighted by atomic mass is 28.4. The molecule has 4 heteroatoms. The zero-order valence-corrected chi connectivity index (χ0v) is 10.1. The summed E-state index contributed by atoms with van der Waals surface area (Å²) in [7, 11) is -2.46. The number of hydrogen-bond acceptors (Lipinski definition) is 2. The van der Waals surface area contributed by atoms with Crippen LogP contribution in [0.2, 0.25) is 19.6 Å². The summed E-state index contributed by atoms with van der Waals surface area (Å²) in [5.74, 6) is 0. The number of hydrogen-bond donors (Lipinski definition) is 0. The minimum absolute atomic E-state index is 0.146. The van der Waals surface area contributed by atoms with Crippen molar-refractivity contribution in [1.82, 2.24) is 0 Å². The van der Waals surface area contributed by atoms with E-state index in [-0.39, 0.29) is 5.41 Å². The summed E-state index contributed by atoms with van der Waals surface area (Å²) in [6.07, 6.45) is 0. The molecule has 0 fully saturated rings. The van der Waals surface area contributed by atoms with E-state index < -0.39 is 18.1 Å². The van der Waals surface area contributed by atoms with Crippen molar-refractivity contribution in [3.05, 3.63) is 12.2 Å². The highest BCUT2D eigenvalue weighted by Gasteiger charge is 2.16. The van der Waals surface area contributed by atoms with Crippen LogP contribution in [0.25, 0.3) is 0 Å². The van der Waals surface area contributed by atoms with Crippen LogP contribution in [0, 0.1) is 0 Å². The number of allylic oxidation sites excluding steroid dienone is 1. The molecule has 0 aromatic heterocycles. The van der Waals surface area contributed by atoms with Gasteiger partial charge in [0.2, 0.25) is 9.76 Å². The zero-order valence-electron chi connectivity index (χ0n) is 7.73. The molecule has 0 heterocycles. The van der Waals surface area contributed by atoms with Gasteiger partial charge in [-0.2, -0.15) is 0 Å². The molecule has 11 heavy (non-hydrogen) atoms. The molecule has 0 N–H and O–H groups in total. The fourth-order valence-electron chi connectivity index (χ4n) is 0.405. The molecular weight excluding hydrogens is 172 g/mol. The highest BCUT2D eigenvalue weighted by Crippen LogP contribution is 2.01. The molecule has 0 aliphatic rings. The van der Waals surface area contributed by atoms with E-state index in [9.17, 15) is 4.79 Å². The Labute approximate surface area is 71.7 Å². The highest BCUT2D eigenvalue weighted by molar-refractivity contribution is 6.83. The van der Waals surface area contributed by atoms with Gasteiger partial charge in [-0.15, -0.1) is 0 Å². The summed E-state index contributed by atoms with van der Waals surface area (Å²) in [5.41, 5.74) is 0.634. The molecule has 0 rings (SSSR count). The molecule has 0 aromatic rings. The Hall–Kier alpha value is -0.196. The van der Waals surface area contributed by atoms with Crippen molar-refractivity contribution < 1.29 is 8.91 Å². The van der Waals surface area contributed by atoms with Gasteiger partial charge in [0.15, 0.2) is 13.7 Å². The van der Waals surface area contributed by atoms with E-state index in [4.69, 9.17) is 4.12 Å². The first-order valence-electron chi connectivity index (χ1n) is 3.65. The quantitative estimate of drug-likeness (QED) is 0.486. The molecule has 0 unspecified atom stereocenters. The van der Waals surface area contributed by atoms with Crippen LogP contribution in [-0.4, -0.2) is 23.5 Å². The number of carbonyl (C=O) groups excluding carboxylic acids is 1. The molecule has 0 saturated carbocycles. The third kappa shape index (κ3) is 6.21. The van der Waals surface area contributed by atoms with Gasteiger partial charge in [0.05, 0.1) is 0 Å². The van der Waals surface area contributed by atoms with Crippen LogP contribution in [0.3, 0.4) is 0 Å². The predicted octanol–water partition coefficient (Wildman–Crippen LogP) is 1.02. The normalized spacial score (nSPS) is 12.4. The predicted molar refractivity (Wildman–Crippen MR) is 52.8 cm³/mol. The van der Waals surface area contributed by atoms with Gasteiger partial charge in [-0.05, 0) is 32.1 Å². The average Bonchev–Trinajstić information content (AvgIpc) is 1.80. The molecule has 0 aliphatic heterocycles. The Balaban J connectivity index is 3.73. The van der Waals surface area contributed by atoms with Gasteiger partial charge in [0.1, 0.15) is 0 Å². The van der Waals surface area contributed by atoms with E-state index in [0.29, 0.717) is 5.57 Å². The Morgan fingerprint density at radius 3 is 2.18 bits per heavy atom. The number of rotatable bonds is 4. The van der Waals surface area contributed by atoms with E-state index in [1.807, 2.05) is 0 Å². The summed E-state index contributed by atoms with van der Waals surface area (Å²) in [6.45, 7) is 11.6. The molecule has 2 nitrogen and oxygen atoms in total. The number of carbonyl (C=O) groups is 1. The molecule has 0 spiro atoms. The van der Waals surface area contributed by atoms with Crippen molar-refractivity contribution in [2.24, 2.45) is 0 Å². The van der Waals surface area contributed by atoms with Crippen LogP contribution in [0.1, 0.15) is 6.92 Å². The molecule has 0 saturated heterocycles. The van der Waals surface area contributed by atoms with Crippen molar-refractivity contribution >= 4 is 23.5 Å². The van der Waals surface area contributed by atoms with Crippen LogP contribution >= 0.6 is 0 Å². The van der Waals surface area contributed by atoms with Crippen molar-refractivity contribution in [2.75, 3.05) is 0 Å². The smallest absolute Gasteiger partial charge is 0.228 e. The first-order chi connectivity index (χ1) is 4.83. The van der Waals surface area contributed by atoms with Crippen molar-refractivity contribution in [1.29, 1.82) is 0 Å². The molecule has 0 bridgehead atoms. The summed E-state index contributed by atoms with van der Waals surface area (Å²) in [6, 6.07) is 0. The van der Waals surface area contributed by atoms with Crippen LogP contribution in [0.15, 0.2) is 12.2 Å². The SMILES string of the molecule is C=C(C)C(=O)[SiH2]O[Si](C)(C)C. The van der Waals surface area contributed by atoms with E-state index in [1.165, 1.54) is 0 Å². The first-order valence-corrected chi connectivity index (χ1v) is 8.35. The summed E-state index contributed by atoms with van der Waals surface area (Å²) in [4.78, 5) is 11.0. The summed E-state index contributed by atoms with van der Waals surface area (Å²) in [5, 5.41) is 0.146. The second kappa shape index (κ2) is 3.99. The fourth-order valence-corrected chi connectivity index (χ4v) is 2.91. The maximum Gasteiger partial charge on any atom is 0.228 e. The van der Waals surface area contributed by atoms with Gasteiger partial charge in [-0.25, -0.2) is 0 Å². The summed E-state index contributed by atoms with van der Waals surface area (Å²) < 4.78 is 5.52. The van der Waals surface area contributed by atoms with Crippen LogP contribution in [0.4, 0.5) is 0 Å². The van der Waals surface area contributed by atoms with Crippen molar-refractivity contribution in [2.45, 2.75) is 26.6 Å². The molecule has 0 amide bonds. The molecule has 0 aromatic carbocycles. The maximum absolute atomic E-state index is 11.0. The second-order valence-corrected chi connectivity index (χ2v) is 9.91. The Morgan fingerprint density at radius 1 is 1.45 bits per heavy atom. The summed E-state index contributed by atoms with van der Waals surface area (Å²) >= 11 is 0. The molecule has 0 atom stereocenters. The first kappa shape index (κ1) is 10.8. The largest absolute Gasteiger partial charge is 0.455 e. The van der Waals surface area contributed by atoms with E-state index >= 15 is 0 Å². The minimum atomic E-state index is -1.47. The van der Waals surface area contributed by atoms with Gasteiger partial charge in [0.25, 0.3) is 0 Å². The maximum atomic E-state index is 11.0. The van der Waals surface area contributed by atoms with Crippen LogP contribution < -0.4 is 0 Å². The topological polar surface area (TPSA) is 26.3 Å².